The Kier molecular flexibility index (Phi) is 5.75. The number of carbonyl (C=O) groups is 1. The van der Waals surface area contributed by atoms with E-state index in [2.05, 4.69) is 10.0 Å². The minimum Gasteiger partial charge on any atom is -0.348 e. The van der Waals surface area contributed by atoms with Crippen LogP contribution >= 0.6 is 0 Å². The van der Waals surface area contributed by atoms with Gasteiger partial charge in [-0.1, -0.05) is 36.4 Å². The van der Waals surface area contributed by atoms with Gasteiger partial charge < -0.3 is 5.32 Å². The van der Waals surface area contributed by atoms with Gasteiger partial charge >= 0.3 is 0 Å². The SMILES string of the molecule is Cc1cccc(NS(=O)(=O)c2cccc(C(=O)NCc3ccccc3F)c2)c1. The molecule has 0 fully saturated rings. The molecule has 2 N–H and O–H groups in total. The molecule has 3 aromatic rings. The van der Waals surface area contributed by atoms with E-state index in [4.69, 9.17) is 0 Å². The lowest BCUT2D eigenvalue weighted by Gasteiger charge is -2.10. The first kappa shape index (κ1) is 19.6. The quantitative estimate of drug-likeness (QED) is 0.662. The van der Waals surface area contributed by atoms with E-state index in [1.807, 2.05) is 13.0 Å². The van der Waals surface area contributed by atoms with E-state index >= 15 is 0 Å². The predicted molar refractivity (Wildman–Crippen MR) is 106 cm³/mol. The van der Waals surface area contributed by atoms with Crippen molar-refractivity contribution >= 4 is 21.6 Å². The summed E-state index contributed by atoms with van der Waals surface area (Å²) in [5.74, 6) is -0.905. The van der Waals surface area contributed by atoms with Crippen LogP contribution in [-0.4, -0.2) is 14.3 Å². The number of sulfonamides is 1. The van der Waals surface area contributed by atoms with Gasteiger partial charge in [-0.25, -0.2) is 12.8 Å². The molecule has 0 aliphatic rings. The zero-order valence-corrected chi connectivity index (χ0v) is 16.0. The molecule has 0 aromatic heterocycles. The molecule has 0 aliphatic heterocycles. The average Bonchev–Trinajstić information content (AvgIpc) is 2.67. The van der Waals surface area contributed by atoms with Crippen LogP contribution in [-0.2, 0) is 16.6 Å². The van der Waals surface area contributed by atoms with Crippen LogP contribution in [0.1, 0.15) is 21.5 Å². The van der Waals surface area contributed by atoms with E-state index in [1.165, 1.54) is 30.3 Å². The van der Waals surface area contributed by atoms with Crippen molar-refractivity contribution in [1.29, 1.82) is 0 Å². The fourth-order valence-electron chi connectivity index (χ4n) is 2.65. The van der Waals surface area contributed by atoms with Crippen LogP contribution in [0.3, 0.4) is 0 Å². The summed E-state index contributed by atoms with van der Waals surface area (Å²) in [6.45, 7) is 1.86. The minimum atomic E-state index is -3.85. The summed E-state index contributed by atoms with van der Waals surface area (Å²) in [5, 5.41) is 2.60. The maximum absolute atomic E-state index is 13.7. The summed E-state index contributed by atoms with van der Waals surface area (Å²) in [6, 6.07) is 18.8. The fraction of sp³-hybridized carbons (Fsp3) is 0.0952. The predicted octanol–water partition coefficient (Wildman–Crippen LogP) is 3.86. The molecule has 144 valence electrons. The zero-order chi connectivity index (χ0) is 20.1. The highest BCUT2D eigenvalue weighted by atomic mass is 32.2. The Labute approximate surface area is 163 Å². The normalized spacial score (nSPS) is 11.1. The monoisotopic (exact) mass is 398 g/mol. The van der Waals surface area contributed by atoms with E-state index in [9.17, 15) is 17.6 Å². The molecular formula is C21H19FN2O3S. The highest BCUT2D eigenvalue weighted by Gasteiger charge is 2.17. The number of benzene rings is 3. The first-order chi connectivity index (χ1) is 13.3. The van der Waals surface area contributed by atoms with E-state index in [-0.39, 0.29) is 17.0 Å². The summed E-state index contributed by atoms with van der Waals surface area (Å²) >= 11 is 0. The first-order valence-corrected chi connectivity index (χ1v) is 10.0. The number of rotatable bonds is 6. The van der Waals surface area contributed by atoms with Gasteiger partial charge in [0.25, 0.3) is 15.9 Å². The standard InChI is InChI=1S/C21H19FN2O3S/c1-15-6-4-9-18(12-15)24-28(26,27)19-10-5-8-16(13-19)21(25)23-14-17-7-2-3-11-20(17)22/h2-13,24H,14H2,1H3,(H,23,25). The van der Waals surface area contributed by atoms with Crippen LogP contribution in [0.4, 0.5) is 10.1 Å². The third kappa shape index (κ3) is 4.75. The van der Waals surface area contributed by atoms with Crippen molar-refractivity contribution in [3.05, 3.63) is 95.3 Å². The Bertz CT molecular complexity index is 1110. The van der Waals surface area contributed by atoms with E-state index < -0.39 is 21.7 Å². The number of amides is 1. The van der Waals surface area contributed by atoms with Crippen LogP contribution in [0.15, 0.2) is 77.7 Å². The van der Waals surface area contributed by atoms with Gasteiger partial charge in [-0.2, -0.15) is 0 Å². The zero-order valence-electron chi connectivity index (χ0n) is 15.1. The number of carbonyl (C=O) groups excluding carboxylic acids is 1. The van der Waals surface area contributed by atoms with Gasteiger partial charge in [0, 0.05) is 23.4 Å². The number of aryl methyl sites for hydroxylation is 1. The Balaban J connectivity index is 1.75. The summed E-state index contributed by atoms with van der Waals surface area (Å²) in [4.78, 5) is 12.3. The lowest BCUT2D eigenvalue weighted by atomic mass is 10.2. The Morgan fingerprint density at radius 1 is 0.964 bits per heavy atom. The molecular weight excluding hydrogens is 379 g/mol. The maximum atomic E-state index is 13.7. The molecule has 3 rings (SSSR count). The van der Waals surface area contributed by atoms with Gasteiger partial charge in [0.05, 0.1) is 4.90 Å². The summed E-state index contributed by atoms with van der Waals surface area (Å²) in [6.07, 6.45) is 0. The van der Waals surface area contributed by atoms with Crippen LogP contribution in [0.25, 0.3) is 0 Å². The largest absolute Gasteiger partial charge is 0.348 e. The molecule has 28 heavy (non-hydrogen) atoms. The lowest BCUT2D eigenvalue weighted by molar-refractivity contribution is 0.0950. The highest BCUT2D eigenvalue weighted by Crippen LogP contribution is 2.18. The van der Waals surface area contributed by atoms with Crippen molar-refractivity contribution in [3.63, 3.8) is 0 Å². The number of nitrogens with one attached hydrogen (secondary N) is 2. The summed E-state index contributed by atoms with van der Waals surface area (Å²) in [5.41, 5.74) is 1.88. The number of anilines is 1. The molecule has 0 saturated heterocycles. The second-order valence-electron chi connectivity index (χ2n) is 6.28. The van der Waals surface area contributed by atoms with E-state index in [0.29, 0.717) is 11.3 Å². The molecule has 0 heterocycles. The van der Waals surface area contributed by atoms with Crippen LogP contribution in [0, 0.1) is 12.7 Å². The average molecular weight is 398 g/mol. The highest BCUT2D eigenvalue weighted by molar-refractivity contribution is 7.92. The molecule has 3 aromatic carbocycles. The third-order valence-electron chi connectivity index (χ3n) is 4.07. The lowest BCUT2D eigenvalue weighted by Crippen LogP contribution is -2.23. The van der Waals surface area contributed by atoms with Crippen LogP contribution in [0.5, 0.6) is 0 Å². The van der Waals surface area contributed by atoms with Crippen molar-refractivity contribution in [2.45, 2.75) is 18.4 Å². The smallest absolute Gasteiger partial charge is 0.261 e. The second-order valence-corrected chi connectivity index (χ2v) is 7.96. The van der Waals surface area contributed by atoms with Gasteiger partial charge in [-0.3, -0.25) is 9.52 Å². The molecule has 0 unspecified atom stereocenters. The number of hydrogen-bond donors (Lipinski definition) is 2. The molecule has 5 nitrogen and oxygen atoms in total. The van der Waals surface area contributed by atoms with Gasteiger partial charge in [0.1, 0.15) is 5.82 Å². The van der Waals surface area contributed by atoms with Crippen molar-refractivity contribution in [3.8, 4) is 0 Å². The summed E-state index contributed by atoms with van der Waals surface area (Å²) < 4.78 is 41.4. The third-order valence-corrected chi connectivity index (χ3v) is 5.45. The topological polar surface area (TPSA) is 75.3 Å². The Hall–Kier alpha value is -3.19. The minimum absolute atomic E-state index is 0.00399. The van der Waals surface area contributed by atoms with Gasteiger partial charge in [-0.05, 0) is 48.9 Å². The molecule has 0 atom stereocenters. The van der Waals surface area contributed by atoms with Crippen LogP contribution in [0.2, 0.25) is 0 Å². The second kappa shape index (κ2) is 8.22. The molecule has 7 heteroatoms. The van der Waals surface area contributed by atoms with Crippen molar-refractivity contribution in [1.82, 2.24) is 5.32 Å². The Morgan fingerprint density at radius 2 is 1.71 bits per heavy atom. The summed E-state index contributed by atoms with van der Waals surface area (Å²) in [7, 11) is -3.85. The van der Waals surface area contributed by atoms with Crippen LogP contribution < -0.4 is 10.0 Å². The van der Waals surface area contributed by atoms with Crippen molar-refractivity contribution in [2.75, 3.05) is 4.72 Å². The first-order valence-electron chi connectivity index (χ1n) is 8.56. The fourth-order valence-corrected chi connectivity index (χ4v) is 3.74. The molecule has 0 saturated carbocycles. The number of halogens is 1. The molecule has 0 spiro atoms. The molecule has 1 amide bonds. The van der Waals surface area contributed by atoms with Gasteiger partial charge in [-0.15, -0.1) is 0 Å². The maximum Gasteiger partial charge on any atom is 0.261 e. The van der Waals surface area contributed by atoms with Gasteiger partial charge in [0.2, 0.25) is 0 Å². The number of hydrogen-bond acceptors (Lipinski definition) is 3. The van der Waals surface area contributed by atoms with Crippen molar-refractivity contribution < 1.29 is 17.6 Å². The molecule has 0 radical (unpaired) electrons. The Morgan fingerprint density at radius 3 is 2.46 bits per heavy atom. The van der Waals surface area contributed by atoms with Gasteiger partial charge in [0.15, 0.2) is 0 Å². The van der Waals surface area contributed by atoms with E-state index in [1.54, 1.807) is 36.4 Å². The molecule has 0 bridgehead atoms. The van der Waals surface area contributed by atoms with E-state index in [0.717, 1.165) is 5.56 Å². The molecule has 0 aliphatic carbocycles. The van der Waals surface area contributed by atoms with Crippen molar-refractivity contribution in [2.24, 2.45) is 0 Å².